The molecule has 0 aromatic heterocycles. The highest BCUT2D eigenvalue weighted by Crippen LogP contribution is 2.33. The van der Waals surface area contributed by atoms with Crippen molar-refractivity contribution in [1.82, 2.24) is 0 Å². The maximum Gasteiger partial charge on any atom is 0.503 e. The molecule has 0 bridgehead atoms. The van der Waals surface area contributed by atoms with Gasteiger partial charge in [-0.05, 0) is 12.8 Å². The van der Waals surface area contributed by atoms with Gasteiger partial charge in [0.2, 0.25) is 0 Å². The third-order valence-electron chi connectivity index (χ3n) is 3.15. The van der Waals surface area contributed by atoms with Crippen molar-refractivity contribution in [1.29, 1.82) is 0 Å². The van der Waals surface area contributed by atoms with Crippen molar-refractivity contribution in [3.8, 4) is 0 Å². The van der Waals surface area contributed by atoms with Crippen molar-refractivity contribution in [2.24, 2.45) is 0 Å². The molecule has 0 radical (unpaired) electrons. The molecule has 0 amide bonds. The average Bonchev–Trinajstić information content (AvgIpc) is 2.32. The Morgan fingerprint density at radius 2 is 1.38 bits per heavy atom. The second-order valence-corrected chi connectivity index (χ2v) is 7.45. The Balaban J connectivity index is 4.44. The fraction of sp³-hybridized carbons (Fsp3) is 1.00. The van der Waals surface area contributed by atoms with Crippen LogP contribution in [-0.4, -0.2) is 30.1 Å². The predicted molar refractivity (Wildman–Crippen MR) is 69.6 cm³/mol. The van der Waals surface area contributed by atoms with E-state index in [2.05, 4.69) is 13.8 Å². The van der Waals surface area contributed by atoms with E-state index in [1.54, 1.807) is 21.3 Å². The lowest BCUT2D eigenvalue weighted by Gasteiger charge is -2.32. The van der Waals surface area contributed by atoms with Crippen LogP contribution in [-0.2, 0) is 13.3 Å². The van der Waals surface area contributed by atoms with Gasteiger partial charge in [-0.15, -0.1) is 0 Å². The Bertz CT molecular complexity index is 152. The summed E-state index contributed by atoms with van der Waals surface area (Å²) in [6.45, 7) is 4.43. The molecule has 0 heterocycles. The summed E-state index contributed by atoms with van der Waals surface area (Å²) >= 11 is 0. The van der Waals surface area contributed by atoms with Crippen molar-refractivity contribution < 1.29 is 13.3 Å². The zero-order valence-corrected chi connectivity index (χ0v) is 12.5. The van der Waals surface area contributed by atoms with Gasteiger partial charge in [-0.2, -0.15) is 0 Å². The van der Waals surface area contributed by atoms with Crippen molar-refractivity contribution in [2.45, 2.75) is 57.9 Å². The lowest BCUT2D eigenvalue weighted by molar-refractivity contribution is 0.107. The molecular weight excluding hydrogens is 220 g/mol. The van der Waals surface area contributed by atoms with Crippen LogP contribution in [0.15, 0.2) is 0 Å². The first-order valence-electron chi connectivity index (χ1n) is 6.36. The third-order valence-corrected chi connectivity index (χ3v) is 6.43. The summed E-state index contributed by atoms with van der Waals surface area (Å²) in [4.78, 5) is 0. The van der Waals surface area contributed by atoms with E-state index >= 15 is 0 Å². The molecule has 0 saturated carbocycles. The molecular formula is C12H28O3Si. The Hall–Kier alpha value is 0.0969. The molecule has 0 saturated heterocycles. The predicted octanol–water partition coefficient (Wildman–Crippen LogP) is 3.62. The number of unbranched alkanes of at least 4 members (excludes halogenated alkanes) is 2. The molecule has 0 rings (SSSR count). The van der Waals surface area contributed by atoms with Gasteiger partial charge in [0.25, 0.3) is 0 Å². The van der Waals surface area contributed by atoms with Crippen LogP contribution in [0.5, 0.6) is 0 Å². The van der Waals surface area contributed by atoms with Crippen LogP contribution in [0.4, 0.5) is 0 Å². The van der Waals surface area contributed by atoms with Crippen LogP contribution in [0.25, 0.3) is 0 Å². The number of hydrogen-bond acceptors (Lipinski definition) is 3. The van der Waals surface area contributed by atoms with Gasteiger partial charge in [-0.25, -0.2) is 0 Å². The molecule has 3 nitrogen and oxygen atoms in total. The van der Waals surface area contributed by atoms with Crippen LogP contribution in [0.2, 0.25) is 5.54 Å². The van der Waals surface area contributed by atoms with E-state index in [-0.39, 0.29) is 0 Å². The quantitative estimate of drug-likeness (QED) is 0.436. The molecule has 4 heteroatoms. The zero-order valence-electron chi connectivity index (χ0n) is 11.5. The molecule has 1 atom stereocenters. The first-order valence-corrected chi connectivity index (χ1v) is 8.16. The Morgan fingerprint density at radius 3 is 1.75 bits per heavy atom. The van der Waals surface area contributed by atoms with Gasteiger partial charge in [0.15, 0.2) is 0 Å². The van der Waals surface area contributed by atoms with Gasteiger partial charge in [-0.3, -0.25) is 0 Å². The highest BCUT2D eigenvalue weighted by molar-refractivity contribution is 6.62. The fourth-order valence-corrected chi connectivity index (χ4v) is 4.94. The van der Waals surface area contributed by atoms with E-state index in [1.165, 1.54) is 19.3 Å². The maximum absolute atomic E-state index is 5.58. The monoisotopic (exact) mass is 248 g/mol. The summed E-state index contributed by atoms with van der Waals surface area (Å²) < 4.78 is 16.7. The molecule has 0 aromatic carbocycles. The lowest BCUT2D eigenvalue weighted by atomic mass is 10.1. The minimum Gasteiger partial charge on any atom is -0.377 e. The van der Waals surface area contributed by atoms with E-state index in [0.29, 0.717) is 5.54 Å². The fourth-order valence-electron chi connectivity index (χ4n) is 2.24. The normalized spacial score (nSPS) is 14.1. The summed E-state index contributed by atoms with van der Waals surface area (Å²) in [5.74, 6) is 0. The molecule has 0 aliphatic rings. The Kier molecular flexibility index (Phi) is 9.22. The van der Waals surface area contributed by atoms with Crippen molar-refractivity contribution in [2.75, 3.05) is 21.3 Å². The summed E-state index contributed by atoms with van der Waals surface area (Å²) in [5, 5.41) is 0. The molecule has 0 aromatic rings. The minimum atomic E-state index is -2.42. The molecule has 16 heavy (non-hydrogen) atoms. The summed E-state index contributed by atoms with van der Waals surface area (Å²) in [5.41, 5.74) is 0.448. The van der Waals surface area contributed by atoms with Crippen molar-refractivity contribution in [3.63, 3.8) is 0 Å². The third kappa shape index (κ3) is 4.53. The van der Waals surface area contributed by atoms with E-state index in [0.717, 1.165) is 19.3 Å². The van der Waals surface area contributed by atoms with Gasteiger partial charge < -0.3 is 13.3 Å². The van der Waals surface area contributed by atoms with Gasteiger partial charge in [0.05, 0.1) is 0 Å². The second-order valence-electron chi connectivity index (χ2n) is 4.20. The molecule has 98 valence electrons. The zero-order chi connectivity index (χ0) is 12.4. The van der Waals surface area contributed by atoms with Crippen LogP contribution in [0.1, 0.15) is 52.4 Å². The van der Waals surface area contributed by atoms with Gasteiger partial charge >= 0.3 is 8.80 Å². The highest BCUT2D eigenvalue weighted by atomic mass is 28.4. The van der Waals surface area contributed by atoms with Gasteiger partial charge in [0.1, 0.15) is 0 Å². The SMILES string of the molecule is CCCCCC(CCC)[Si](OC)(OC)OC. The van der Waals surface area contributed by atoms with Crippen LogP contribution in [0.3, 0.4) is 0 Å². The van der Waals surface area contributed by atoms with E-state index in [4.69, 9.17) is 13.3 Å². The minimum absolute atomic E-state index is 0.448. The topological polar surface area (TPSA) is 27.7 Å². The summed E-state index contributed by atoms with van der Waals surface area (Å²) in [6.07, 6.45) is 7.21. The summed E-state index contributed by atoms with van der Waals surface area (Å²) in [6, 6.07) is 0. The average molecular weight is 248 g/mol. The Labute approximate surface area is 102 Å². The van der Waals surface area contributed by atoms with Crippen LogP contribution in [0, 0.1) is 0 Å². The van der Waals surface area contributed by atoms with E-state index in [9.17, 15) is 0 Å². The maximum atomic E-state index is 5.58. The lowest BCUT2D eigenvalue weighted by Crippen LogP contribution is -2.47. The van der Waals surface area contributed by atoms with E-state index < -0.39 is 8.80 Å². The van der Waals surface area contributed by atoms with Gasteiger partial charge in [0, 0.05) is 26.9 Å². The van der Waals surface area contributed by atoms with Gasteiger partial charge in [-0.1, -0.05) is 39.5 Å². The summed E-state index contributed by atoms with van der Waals surface area (Å²) in [7, 11) is 2.71. The molecule has 0 spiro atoms. The van der Waals surface area contributed by atoms with Crippen LogP contribution < -0.4 is 0 Å². The molecule has 0 N–H and O–H groups in total. The highest BCUT2D eigenvalue weighted by Gasteiger charge is 2.45. The largest absolute Gasteiger partial charge is 0.503 e. The number of hydrogen-bond donors (Lipinski definition) is 0. The van der Waals surface area contributed by atoms with Crippen molar-refractivity contribution >= 4 is 8.80 Å². The van der Waals surface area contributed by atoms with E-state index in [1.807, 2.05) is 0 Å². The first kappa shape index (κ1) is 16.1. The first-order chi connectivity index (χ1) is 7.70. The van der Waals surface area contributed by atoms with Crippen molar-refractivity contribution in [3.05, 3.63) is 0 Å². The standard InChI is InChI=1S/C12H28O3Si/c1-6-8-9-11-12(10-7-2)16(13-3,14-4)15-5/h12H,6-11H2,1-5H3. The molecule has 0 aliphatic heterocycles. The second kappa shape index (κ2) is 9.16. The van der Waals surface area contributed by atoms with Crippen LogP contribution >= 0.6 is 0 Å². The Morgan fingerprint density at radius 1 is 0.812 bits per heavy atom. The molecule has 0 fully saturated rings. The smallest absolute Gasteiger partial charge is 0.377 e. The molecule has 1 unspecified atom stereocenters. The number of rotatable bonds is 10. The molecule has 0 aliphatic carbocycles.